The van der Waals surface area contributed by atoms with E-state index in [0.717, 1.165) is 11.5 Å². The van der Waals surface area contributed by atoms with E-state index in [-0.39, 0.29) is 0 Å². The van der Waals surface area contributed by atoms with Crippen LogP contribution in [0, 0.1) is 13.8 Å². The van der Waals surface area contributed by atoms with Gasteiger partial charge in [0.15, 0.2) is 11.5 Å². The van der Waals surface area contributed by atoms with Crippen LogP contribution in [0.15, 0.2) is 24.3 Å². The molecule has 0 unspecified atom stereocenters. The van der Waals surface area contributed by atoms with Crippen molar-refractivity contribution in [3.05, 3.63) is 34.7 Å². The van der Waals surface area contributed by atoms with Gasteiger partial charge in [0.2, 0.25) is 0 Å². The van der Waals surface area contributed by atoms with Crippen molar-refractivity contribution in [1.29, 1.82) is 0 Å². The van der Waals surface area contributed by atoms with Gasteiger partial charge in [0.1, 0.15) is 13.2 Å². The van der Waals surface area contributed by atoms with Crippen molar-refractivity contribution in [2.75, 3.05) is 13.2 Å². The minimum absolute atomic E-state index is 0.641. The fourth-order valence-corrected chi connectivity index (χ4v) is 3.04. The molecule has 2 aromatic rings. The Labute approximate surface area is 105 Å². The van der Waals surface area contributed by atoms with Gasteiger partial charge in [-0.1, -0.05) is 29.8 Å². The Morgan fingerprint density at radius 3 is 2.29 bits per heavy atom. The van der Waals surface area contributed by atoms with Crippen molar-refractivity contribution < 1.29 is 9.47 Å². The lowest BCUT2D eigenvalue weighted by Crippen LogP contribution is -2.14. The first-order valence-electron chi connectivity index (χ1n) is 5.72. The zero-order valence-corrected chi connectivity index (χ0v) is 10.8. The Hall–Kier alpha value is -1.48. The van der Waals surface area contributed by atoms with Crippen molar-refractivity contribution in [3.8, 4) is 21.9 Å². The number of aryl methyl sites for hydroxylation is 2. The second kappa shape index (κ2) is 4.08. The van der Waals surface area contributed by atoms with Crippen molar-refractivity contribution >= 4 is 11.3 Å². The maximum Gasteiger partial charge on any atom is 0.180 e. The van der Waals surface area contributed by atoms with E-state index >= 15 is 0 Å². The molecular formula is C14H14O2S. The Bertz CT molecular complexity index is 540. The molecule has 2 nitrogen and oxygen atoms in total. The van der Waals surface area contributed by atoms with Crippen molar-refractivity contribution in [2.24, 2.45) is 0 Å². The number of benzene rings is 1. The van der Waals surface area contributed by atoms with Gasteiger partial charge >= 0.3 is 0 Å². The average Bonchev–Trinajstić information content (AvgIpc) is 2.69. The maximum absolute atomic E-state index is 5.75. The predicted octanol–water partition coefficient (Wildman–Crippen LogP) is 3.80. The molecule has 0 amide bonds. The second-order valence-corrected chi connectivity index (χ2v) is 5.43. The summed E-state index contributed by atoms with van der Waals surface area (Å²) in [6.07, 6.45) is 0. The van der Waals surface area contributed by atoms with E-state index < -0.39 is 0 Å². The van der Waals surface area contributed by atoms with Gasteiger partial charge in [0.05, 0.1) is 4.88 Å². The highest BCUT2D eigenvalue weighted by atomic mass is 32.1. The van der Waals surface area contributed by atoms with Crippen LogP contribution in [0.2, 0.25) is 0 Å². The summed E-state index contributed by atoms with van der Waals surface area (Å²) in [5.74, 6) is 1.85. The van der Waals surface area contributed by atoms with Gasteiger partial charge in [-0.05, 0) is 19.4 Å². The molecule has 0 atom stereocenters. The third-order valence-electron chi connectivity index (χ3n) is 2.88. The summed E-state index contributed by atoms with van der Waals surface area (Å²) in [4.78, 5) is 2.37. The summed E-state index contributed by atoms with van der Waals surface area (Å²) >= 11 is 1.74. The van der Waals surface area contributed by atoms with Crippen LogP contribution < -0.4 is 9.47 Å². The molecule has 0 aliphatic carbocycles. The van der Waals surface area contributed by atoms with Gasteiger partial charge in [0.25, 0.3) is 0 Å². The summed E-state index contributed by atoms with van der Waals surface area (Å²) < 4.78 is 11.4. The third-order valence-corrected chi connectivity index (χ3v) is 3.99. The van der Waals surface area contributed by atoms with E-state index in [0.29, 0.717) is 13.2 Å². The van der Waals surface area contributed by atoms with Crippen LogP contribution in [0.25, 0.3) is 10.4 Å². The summed E-state index contributed by atoms with van der Waals surface area (Å²) in [6, 6.07) is 8.53. The summed E-state index contributed by atoms with van der Waals surface area (Å²) in [6.45, 7) is 5.47. The van der Waals surface area contributed by atoms with Crippen LogP contribution in [0.1, 0.15) is 10.4 Å². The highest BCUT2D eigenvalue weighted by Gasteiger charge is 2.22. The van der Waals surface area contributed by atoms with Crippen molar-refractivity contribution in [1.82, 2.24) is 0 Å². The fraction of sp³-hybridized carbons (Fsp3) is 0.286. The van der Waals surface area contributed by atoms with Crippen LogP contribution in [0.3, 0.4) is 0 Å². The largest absolute Gasteiger partial charge is 0.485 e. The molecule has 88 valence electrons. The van der Waals surface area contributed by atoms with E-state index in [4.69, 9.17) is 9.47 Å². The molecule has 17 heavy (non-hydrogen) atoms. The third kappa shape index (κ3) is 1.80. The quantitative estimate of drug-likeness (QED) is 0.762. The minimum Gasteiger partial charge on any atom is -0.485 e. The van der Waals surface area contributed by atoms with Crippen LogP contribution in [0.5, 0.6) is 11.5 Å². The van der Waals surface area contributed by atoms with Gasteiger partial charge in [-0.3, -0.25) is 0 Å². The fourth-order valence-electron chi connectivity index (χ4n) is 1.99. The van der Waals surface area contributed by atoms with Crippen LogP contribution in [0.4, 0.5) is 0 Å². The molecule has 3 heteroatoms. The molecule has 1 aromatic heterocycles. The zero-order valence-electron chi connectivity index (χ0n) is 9.95. The lowest BCUT2D eigenvalue weighted by molar-refractivity contribution is 0.173. The van der Waals surface area contributed by atoms with E-state index in [1.807, 2.05) is 0 Å². The first kappa shape index (κ1) is 10.7. The second-order valence-electron chi connectivity index (χ2n) is 4.21. The molecule has 2 heterocycles. The lowest BCUT2D eigenvalue weighted by Gasteiger charge is -2.16. The van der Waals surface area contributed by atoms with Gasteiger partial charge in [-0.15, -0.1) is 11.3 Å². The number of fused-ring (bicyclic) bond motifs is 1. The summed E-state index contributed by atoms with van der Waals surface area (Å²) in [5, 5.41) is 0. The normalized spacial score (nSPS) is 13.8. The summed E-state index contributed by atoms with van der Waals surface area (Å²) in [5.41, 5.74) is 2.48. The Kier molecular flexibility index (Phi) is 2.56. The predicted molar refractivity (Wildman–Crippen MR) is 70.2 cm³/mol. The monoisotopic (exact) mass is 246 g/mol. The van der Waals surface area contributed by atoms with Crippen molar-refractivity contribution in [2.45, 2.75) is 13.8 Å². The first-order chi connectivity index (χ1) is 8.25. The molecule has 0 radical (unpaired) electrons. The first-order valence-corrected chi connectivity index (χ1v) is 6.53. The van der Waals surface area contributed by atoms with Gasteiger partial charge in [-0.2, -0.15) is 0 Å². The molecule has 3 rings (SSSR count). The number of ether oxygens (including phenoxy) is 2. The molecule has 1 aromatic carbocycles. The Morgan fingerprint density at radius 1 is 0.941 bits per heavy atom. The molecular weight excluding hydrogens is 232 g/mol. The standard InChI is InChI=1S/C14H14O2S/c1-9-3-5-11(6-4-9)14-13-12(10(2)17-14)15-7-8-16-13/h3-6H,7-8H2,1-2H3. The lowest BCUT2D eigenvalue weighted by atomic mass is 10.1. The number of hydrogen-bond donors (Lipinski definition) is 0. The molecule has 0 saturated carbocycles. The Balaban J connectivity index is 2.11. The SMILES string of the molecule is Cc1ccc(-c2sc(C)c3c2OCCO3)cc1. The van der Waals surface area contributed by atoms with Gasteiger partial charge in [0, 0.05) is 4.88 Å². The Morgan fingerprint density at radius 2 is 1.59 bits per heavy atom. The zero-order chi connectivity index (χ0) is 11.8. The molecule has 1 aliphatic rings. The topological polar surface area (TPSA) is 18.5 Å². The highest BCUT2D eigenvalue weighted by molar-refractivity contribution is 7.16. The number of hydrogen-bond acceptors (Lipinski definition) is 3. The molecule has 0 bridgehead atoms. The summed E-state index contributed by atoms with van der Waals surface area (Å²) in [7, 11) is 0. The van der Waals surface area contributed by atoms with Gasteiger partial charge < -0.3 is 9.47 Å². The van der Waals surface area contributed by atoms with Gasteiger partial charge in [-0.25, -0.2) is 0 Å². The molecule has 0 spiro atoms. The van der Waals surface area contributed by atoms with E-state index in [9.17, 15) is 0 Å². The maximum atomic E-state index is 5.75. The van der Waals surface area contributed by atoms with Crippen molar-refractivity contribution in [3.63, 3.8) is 0 Å². The van der Waals surface area contributed by atoms with Crippen LogP contribution in [-0.2, 0) is 0 Å². The smallest absolute Gasteiger partial charge is 0.180 e. The van der Waals surface area contributed by atoms with E-state index in [1.165, 1.54) is 20.9 Å². The molecule has 1 aliphatic heterocycles. The van der Waals surface area contributed by atoms with E-state index in [2.05, 4.69) is 38.1 Å². The minimum atomic E-state index is 0.641. The molecule has 0 saturated heterocycles. The van der Waals surface area contributed by atoms with Crippen LogP contribution in [-0.4, -0.2) is 13.2 Å². The highest BCUT2D eigenvalue weighted by Crippen LogP contribution is 2.48. The molecule has 0 N–H and O–H groups in total. The number of rotatable bonds is 1. The molecule has 0 fully saturated rings. The average molecular weight is 246 g/mol. The van der Waals surface area contributed by atoms with Crippen LogP contribution >= 0.6 is 11.3 Å². The number of thiophene rings is 1. The van der Waals surface area contributed by atoms with E-state index in [1.54, 1.807) is 11.3 Å².